The standard InChI is InChI=1S/C22H22N2O2/c1-3-17-10-12-19(13-11-17)23-22(26)21(25)20-5-4-14-24(20)15-18-8-6-16(2)7-9-18/h4-14H,3,15H2,1-2H3,(H,23,26). The molecule has 0 unspecified atom stereocenters. The van der Waals surface area contributed by atoms with Crippen LogP contribution in [0.3, 0.4) is 0 Å². The highest BCUT2D eigenvalue weighted by Gasteiger charge is 2.19. The first-order chi connectivity index (χ1) is 12.6. The van der Waals surface area contributed by atoms with Crippen LogP contribution in [-0.4, -0.2) is 16.3 Å². The van der Waals surface area contributed by atoms with Gasteiger partial charge >= 0.3 is 0 Å². The van der Waals surface area contributed by atoms with Crippen LogP contribution < -0.4 is 5.32 Å². The molecule has 0 spiro atoms. The molecule has 3 aromatic rings. The Morgan fingerprint density at radius 3 is 2.23 bits per heavy atom. The van der Waals surface area contributed by atoms with Crippen molar-refractivity contribution in [3.8, 4) is 0 Å². The van der Waals surface area contributed by atoms with E-state index in [1.165, 1.54) is 11.1 Å². The molecule has 0 atom stereocenters. The summed E-state index contributed by atoms with van der Waals surface area (Å²) in [7, 11) is 0. The van der Waals surface area contributed by atoms with Crippen molar-refractivity contribution in [1.82, 2.24) is 4.57 Å². The molecule has 3 rings (SSSR count). The Bertz CT molecular complexity index is 906. The van der Waals surface area contributed by atoms with Gasteiger partial charge < -0.3 is 9.88 Å². The van der Waals surface area contributed by atoms with Crippen LogP contribution in [0.15, 0.2) is 66.9 Å². The van der Waals surface area contributed by atoms with E-state index in [1.54, 1.807) is 16.7 Å². The lowest BCUT2D eigenvalue weighted by Gasteiger charge is -2.10. The third-order valence-electron chi connectivity index (χ3n) is 4.36. The van der Waals surface area contributed by atoms with Crippen molar-refractivity contribution < 1.29 is 9.59 Å². The summed E-state index contributed by atoms with van der Waals surface area (Å²) in [5.74, 6) is -1.17. The zero-order chi connectivity index (χ0) is 18.5. The molecule has 0 aliphatic heterocycles. The summed E-state index contributed by atoms with van der Waals surface area (Å²) in [6, 6.07) is 19.1. The predicted octanol–water partition coefficient (Wildman–Crippen LogP) is 4.23. The van der Waals surface area contributed by atoms with Gasteiger partial charge in [0.05, 0.1) is 5.69 Å². The van der Waals surface area contributed by atoms with Crippen LogP contribution in [0.5, 0.6) is 0 Å². The first-order valence-electron chi connectivity index (χ1n) is 8.72. The summed E-state index contributed by atoms with van der Waals surface area (Å²) in [4.78, 5) is 24.9. The van der Waals surface area contributed by atoms with Crippen LogP contribution in [0.2, 0.25) is 0 Å². The van der Waals surface area contributed by atoms with E-state index in [4.69, 9.17) is 0 Å². The highest BCUT2D eigenvalue weighted by Crippen LogP contribution is 2.13. The average molecular weight is 346 g/mol. The SMILES string of the molecule is CCc1ccc(NC(=O)C(=O)c2cccn2Cc2ccc(C)cc2)cc1. The molecule has 1 heterocycles. The molecular formula is C22H22N2O2. The van der Waals surface area contributed by atoms with Crippen LogP contribution in [-0.2, 0) is 17.8 Å². The Morgan fingerprint density at radius 1 is 0.923 bits per heavy atom. The largest absolute Gasteiger partial charge is 0.340 e. The average Bonchev–Trinajstić information content (AvgIpc) is 3.11. The molecule has 0 bridgehead atoms. The second-order valence-electron chi connectivity index (χ2n) is 6.34. The van der Waals surface area contributed by atoms with Gasteiger partial charge in [-0.2, -0.15) is 0 Å². The number of rotatable bonds is 6. The van der Waals surface area contributed by atoms with Crippen molar-refractivity contribution in [3.63, 3.8) is 0 Å². The first kappa shape index (κ1) is 17.7. The van der Waals surface area contributed by atoms with Crippen LogP contribution in [0.25, 0.3) is 0 Å². The van der Waals surface area contributed by atoms with Crippen molar-refractivity contribution in [1.29, 1.82) is 0 Å². The number of aromatic nitrogens is 1. The van der Waals surface area contributed by atoms with E-state index >= 15 is 0 Å². The van der Waals surface area contributed by atoms with Crippen LogP contribution in [0.1, 0.15) is 34.1 Å². The summed E-state index contributed by atoms with van der Waals surface area (Å²) in [5.41, 5.74) is 4.45. The lowest BCUT2D eigenvalue weighted by Crippen LogP contribution is -2.25. The summed E-state index contributed by atoms with van der Waals surface area (Å²) in [5, 5.41) is 2.68. The highest BCUT2D eigenvalue weighted by atomic mass is 16.2. The van der Waals surface area contributed by atoms with Gasteiger partial charge in [-0.25, -0.2) is 0 Å². The summed E-state index contributed by atoms with van der Waals surface area (Å²) in [6.07, 6.45) is 2.75. The molecule has 1 aromatic heterocycles. The minimum absolute atomic E-state index is 0.383. The number of aryl methyl sites for hydroxylation is 2. The maximum atomic E-state index is 12.6. The Hall–Kier alpha value is -3.14. The van der Waals surface area contributed by atoms with Crippen LogP contribution in [0.4, 0.5) is 5.69 Å². The molecule has 0 radical (unpaired) electrons. The number of hydrogen-bond acceptors (Lipinski definition) is 2. The van der Waals surface area contributed by atoms with E-state index < -0.39 is 11.7 Å². The third kappa shape index (κ3) is 4.09. The van der Waals surface area contributed by atoms with E-state index in [2.05, 4.69) is 12.2 Å². The Morgan fingerprint density at radius 2 is 1.58 bits per heavy atom. The molecule has 0 fully saturated rings. The highest BCUT2D eigenvalue weighted by molar-refractivity contribution is 6.46. The number of carbonyl (C=O) groups excluding carboxylic acids is 2. The van der Waals surface area contributed by atoms with Crippen molar-refractivity contribution in [2.24, 2.45) is 0 Å². The summed E-state index contributed by atoms with van der Waals surface area (Å²) in [6.45, 7) is 4.65. The fraction of sp³-hybridized carbons (Fsp3) is 0.182. The summed E-state index contributed by atoms with van der Waals surface area (Å²) >= 11 is 0. The van der Waals surface area contributed by atoms with E-state index in [0.717, 1.165) is 12.0 Å². The van der Waals surface area contributed by atoms with Gasteiger partial charge in [-0.1, -0.05) is 48.9 Å². The van der Waals surface area contributed by atoms with E-state index in [-0.39, 0.29) is 0 Å². The molecule has 0 saturated heterocycles. The number of benzene rings is 2. The first-order valence-corrected chi connectivity index (χ1v) is 8.72. The van der Waals surface area contributed by atoms with Crippen LogP contribution >= 0.6 is 0 Å². The van der Waals surface area contributed by atoms with Crippen molar-refractivity contribution >= 4 is 17.4 Å². The smallest absolute Gasteiger partial charge is 0.298 e. The normalized spacial score (nSPS) is 10.5. The van der Waals surface area contributed by atoms with Gasteiger partial charge in [-0.05, 0) is 48.7 Å². The van der Waals surface area contributed by atoms with Crippen molar-refractivity contribution in [3.05, 3.63) is 89.2 Å². The van der Waals surface area contributed by atoms with Gasteiger partial charge in [-0.15, -0.1) is 0 Å². The zero-order valence-corrected chi connectivity index (χ0v) is 15.0. The van der Waals surface area contributed by atoms with Gasteiger partial charge in [0.2, 0.25) is 0 Å². The Kier molecular flexibility index (Phi) is 5.32. The molecule has 1 amide bonds. The monoisotopic (exact) mass is 346 g/mol. The molecule has 4 heteroatoms. The van der Waals surface area contributed by atoms with E-state index in [0.29, 0.717) is 17.9 Å². The Labute approximate surface area is 153 Å². The Balaban J connectivity index is 1.72. The lowest BCUT2D eigenvalue weighted by atomic mass is 10.1. The number of amides is 1. The lowest BCUT2D eigenvalue weighted by molar-refractivity contribution is -0.112. The van der Waals surface area contributed by atoms with Crippen LogP contribution in [0, 0.1) is 6.92 Å². The van der Waals surface area contributed by atoms with E-state index in [9.17, 15) is 9.59 Å². The second kappa shape index (κ2) is 7.83. The molecule has 0 aliphatic rings. The quantitative estimate of drug-likeness (QED) is 0.536. The van der Waals surface area contributed by atoms with Gasteiger partial charge in [0.1, 0.15) is 0 Å². The third-order valence-corrected chi connectivity index (χ3v) is 4.36. The maximum Gasteiger partial charge on any atom is 0.298 e. The summed E-state index contributed by atoms with van der Waals surface area (Å²) < 4.78 is 1.80. The molecule has 1 N–H and O–H groups in total. The molecular weight excluding hydrogens is 324 g/mol. The number of ketones is 1. The number of nitrogens with one attached hydrogen (secondary N) is 1. The van der Waals surface area contributed by atoms with Gasteiger partial charge in [-0.3, -0.25) is 9.59 Å². The minimum atomic E-state index is -0.627. The number of anilines is 1. The van der Waals surface area contributed by atoms with E-state index in [1.807, 2.05) is 61.7 Å². The number of hydrogen-bond donors (Lipinski definition) is 1. The topological polar surface area (TPSA) is 51.1 Å². The maximum absolute atomic E-state index is 12.6. The van der Waals surface area contributed by atoms with Gasteiger partial charge in [0.25, 0.3) is 11.7 Å². The van der Waals surface area contributed by atoms with Gasteiger partial charge in [0, 0.05) is 18.4 Å². The fourth-order valence-corrected chi connectivity index (χ4v) is 2.78. The fourth-order valence-electron chi connectivity index (χ4n) is 2.78. The predicted molar refractivity (Wildman–Crippen MR) is 103 cm³/mol. The van der Waals surface area contributed by atoms with Gasteiger partial charge in [0.15, 0.2) is 0 Å². The second-order valence-corrected chi connectivity index (χ2v) is 6.34. The molecule has 132 valence electrons. The van der Waals surface area contributed by atoms with Crippen molar-refractivity contribution in [2.75, 3.05) is 5.32 Å². The molecule has 0 aliphatic carbocycles. The minimum Gasteiger partial charge on any atom is -0.340 e. The number of nitrogens with zero attached hydrogens (tertiary/aromatic N) is 1. The number of Topliss-reactive ketones (excluding diaryl/α,β-unsaturated/α-hetero) is 1. The molecule has 26 heavy (non-hydrogen) atoms. The molecule has 0 saturated carbocycles. The van der Waals surface area contributed by atoms with Crippen molar-refractivity contribution in [2.45, 2.75) is 26.8 Å². The number of carbonyl (C=O) groups is 2. The zero-order valence-electron chi connectivity index (χ0n) is 15.0. The molecule has 4 nitrogen and oxygen atoms in total. The molecule has 2 aromatic carbocycles.